The van der Waals surface area contributed by atoms with E-state index in [0.717, 1.165) is 24.0 Å². The zero-order chi connectivity index (χ0) is 11.5. The number of nitrogen functional groups attached to an aromatic ring is 1. The Labute approximate surface area is 91.3 Å². The fraction of sp³-hybridized carbons (Fsp3) is 0.583. The molecule has 3 heteroatoms. The van der Waals surface area contributed by atoms with Gasteiger partial charge in [-0.1, -0.05) is 20.3 Å². The average Bonchev–Trinajstić information content (AvgIpc) is 2.22. The summed E-state index contributed by atoms with van der Waals surface area (Å²) >= 11 is 0. The van der Waals surface area contributed by atoms with E-state index in [0.29, 0.717) is 12.2 Å². The number of aryl methyl sites for hydroxylation is 1. The molecule has 0 amide bonds. The van der Waals surface area contributed by atoms with Crippen LogP contribution in [0, 0.1) is 6.92 Å². The lowest BCUT2D eigenvalue weighted by Gasteiger charge is -2.28. The van der Waals surface area contributed by atoms with Crippen molar-refractivity contribution in [2.24, 2.45) is 0 Å². The zero-order valence-corrected chi connectivity index (χ0v) is 9.75. The van der Waals surface area contributed by atoms with E-state index in [1.54, 1.807) is 6.20 Å². The minimum Gasteiger partial charge on any atom is -0.385 e. The quantitative estimate of drug-likeness (QED) is 0.798. The Morgan fingerprint density at radius 1 is 1.47 bits per heavy atom. The minimum atomic E-state index is -0.822. The van der Waals surface area contributed by atoms with Crippen molar-refractivity contribution in [3.63, 3.8) is 0 Å². The van der Waals surface area contributed by atoms with Crippen molar-refractivity contribution in [1.29, 1.82) is 0 Å². The molecule has 0 saturated heterocycles. The molecule has 1 atom stereocenters. The molecule has 0 bridgehead atoms. The fourth-order valence-corrected chi connectivity index (χ4v) is 1.87. The highest BCUT2D eigenvalue weighted by atomic mass is 16.3. The molecule has 1 rings (SSSR count). The Bertz CT molecular complexity index is 338. The van der Waals surface area contributed by atoms with Gasteiger partial charge in [-0.3, -0.25) is 0 Å². The van der Waals surface area contributed by atoms with Gasteiger partial charge in [-0.2, -0.15) is 0 Å². The van der Waals surface area contributed by atoms with Crippen LogP contribution in [0.15, 0.2) is 12.3 Å². The zero-order valence-electron chi connectivity index (χ0n) is 9.75. The first kappa shape index (κ1) is 12.0. The van der Waals surface area contributed by atoms with Gasteiger partial charge in [0.1, 0.15) is 5.82 Å². The Balaban J connectivity index is 3.16. The van der Waals surface area contributed by atoms with Crippen molar-refractivity contribution in [3.05, 3.63) is 23.4 Å². The lowest BCUT2D eigenvalue weighted by Crippen LogP contribution is -2.26. The van der Waals surface area contributed by atoms with Gasteiger partial charge in [-0.05, 0) is 31.4 Å². The second-order valence-corrected chi connectivity index (χ2v) is 4.08. The lowest BCUT2D eigenvalue weighted by molar-refractivity contribution is 0.0230. The number of hydrogen-bond acceptors (Lipinski definition) is 3. The highest BCUT2D eigenvalue weighted by Gasteiger charge is 2.28. The fourth-order valence-electron chi connectivity index (χ4n) is 1.87. The van der Waals surface area contributed by atoms with E-state index >= 15 is 0 Å². The minimum absolute atomic E-state index is 0.443. The Morgan fingerprint density at radius 2 is 2.13 bits per heavy atom. The highest BCUT2D eigenvalue weighted by molar-refractivity contribution is 5.44. The normalized spacial score (nSPS) is 14.9. The van der Waals surface area contributed by atoms with Crippen LogP contribution in [0.4, 0.5) is 5.82 Å². The van der Waals surface area contributed by atoms with E-state index < -0.39 is 5.60 Å². The molecule has 1 heterocycles. The molecule has 0 aliphatic heterocycles. The van der Waals surface area contributed by atoms with Gasteiger partial charge in [-0.15, -0.1) is 0 Å². The molecular weight excluding hydrogens is 188 g/mol. The van der Waals surface area contributed by atoms with Gasteiger partial charge in [0.25, 0.3) is 0 Å². The molecule has 1 aromatic heterocycles. The van der Waals surface area contributed by atoms with Crippen molar-refractivity contribution >= 4 is 5.82 Å². The molecular formula is C12H20N2O. The van der Waals surface area contributed by atoms with E-state index in [-0.39, 0.29) is 0 Å². The summed E-state index contributed by atoms with van der Waals surface area (Å²) in [6, 6.07) is 1.93. The highest BCUT2D eigenvalue weighted by Crippen LogP contribution is 2.33. The SMILES string of the molecule is CCCC(O)(CC)c1cc(C)cnc1N. The predicted octanol–water partition coefficient (Wildman–Crippen LogP) is 2.37. The summed E-state index contributed by atoms with van der Waals surface area (Å²) in [6.07, 6.45) is 4.04. The van der Waals surface area contributed by atoms with Crippen LogP contribution in [0.25, 0.3) is 0 Å². The third-order valence-electron chi connectivity index (χ3n) is 2.81. The smallest absolute Gasteiger partial charge is 0.129 e. The maximum Gasteiger partial charge on any atom is 0.129 e. The van der Waals surface area contributed by atoms with E-state index in [1.165, 1.54) is 0 Å². The third kappa shape index (κ3) is 2.48. The van der Waals surface area contributed by atoms with Crippen molar-refractivity contribution in [2.45, 2.75) is 45.6 Å². The van der Waals surface area contributed by atoms with Crippen LogP contribution in [-0.2, 0) is 5.60 Å². The summed E-state index contributed by atoms with van der Waals surface area (Å²) in [7, 11) is 0. The lowest BCUT2D eigenvalue weighted by atomic mass is 9.86. The molecule has 0 radical (unpaired) electrons. The molecule has 15 heavy (non-hydrogen) atoms. The van der Waals surface area contributed by atoms with E-state index in [9.17, 15) is 5.11 Å². The van der Waals surface area contributed by atoms with Crippen LogP contribution >= 0.6 is 0 Å². The molecule has 1 unspecified atom stereocenters. The molecule has 3 N–H and O–H groups in total. The van der Waals surface area contributed by atoms with Crippen LogP contribution in [0.5, 0.6) is 0 Å². The van der Waals surface area contributed by atoms with Gasteiger partial charge in [0, 0.05) is 11.8 Å². The molecule has 3 nitrogen and oxygen atoms in total. The number of nitrogens with two attached hydrogens (primary N) is 1. The Hall–Kier alpha value is -1.09. The van der Waals surface area contributed by atoms with Crippen LogP contribution < -0.4 is 5.73 Å². The molecule has 0 spiro atoms. The average molecular weight is 208 g/mol. The van der Waals surface area contributed by atoms with E-state index in [1.807, 2.05) is 19.9 Å². The number of pyridine rings is 1. The second kappa shape index (κ2) is 4.62. The number of nitrogens with zero attached hydrogens (tertiary/aromatic N) is 1. The monoisotopic (exact) mass is 208 g/mol. The molecule has 0 fully saturated rings. The van der Waals surface area contributed by atoms with Crippen LogP contribution in [-0.4, -0.2) is 10.1 Å². The van der Waals surface area contributed by atoms with Gasteiger partial charge in [-0.25, -0.2) is 4.98 Å². The third-order valence-corrected chi connectivity index (χ3v) is 2.81. The molecule has 84 valence electrons. The first-order valence-electron chi connectivity index (χ1n) is 5.48. The maximum absolute atomic E-state index is 10.5. The maximum atomic E-state index is 10.5. The van der Waals surface area contributed by atoms with Crippen molar-refractivity contribution in [1.82, 2.24) is 4.98 Å². The summed E-state index contributed by atoms with van der Waals surface area (Å²) in [5.41, 5.74) is 6.79. The first-order valence-corrected chi connectivity index (χ1v) is 5.48. The van der Waals surface area contributed by atoms with Crippen LogP contribution in [0.1, 0.15) is 44.2 Å². The number of aromatic nitrogens is 1. The van der Waals surface area contributed by atoms with Crippen molar-refractivity contribution in [2.75, 3.05) is 5.73 Å². The molecule has 1 aromatic rings. The van der Waals surface area contributed by atoms with Gasteiger partial charge in [0.15, 0.2) is 0 Å². The second-order valence-electron chi connectivity index (χ2n) is 4.08. The van der Waals surface area contributed by atoms with E-state index in [2.05, 4.69) is 11.9 Å². The summed E-state index contributed by atoms with van der Waals surface area (Å²) < 4.78 is 0. The topological polar surface area (TPSA) is 59.1 Å². The van der Waals surface area contributed by atoms with Gasteiger partial charge in [0.05, 0.1) is 5.60 Å². The Morgan fingerprint density at radius 3 is 2.67 bits per heavy atom. The van der Waals surface area contributed by atoms with Gasteiger partial charge in [0.2, 0.25) is 0 Å². The summed E-state index contributed by atoms with van der Waals surface area (Å²) in [5.74, 6) is 0.443. The predicted molar refractivity (Wildman–Crippen MR) is 62.5 cm³/mol. The number of rotatable bonds is 4. The van der Waals surface area contributed by atoms with Crippen LogP contribution in [0.2, 0.25) is 0 Å². The van der Waals surface area contributed by atoms with Gasteiger partial charge >= 0.3 is 0 Å². The molecule has 0 saturated carbocycles. The van der Waals surface area contributed by atoms with Gasteiger partial charge < -0.3 is 10.8 Å². The molecule has 0 aliphatic rings. The van der Waals surface area contributed by atoms with Crippen molar-refractivity contribution in [3.8, 4) is 0 Å². The largest absolute Gasteiger partial charge is 0.385 e. The number of anilines is 1. The summed E-state index contributed by atoms with van der Waals surface area (Å²) in [4.78, 5) is 4.09. The number of aliphatic hydroxyl groups is 1. The molecule has 0 aliphatic carbocycles. The number of hydrogen-bond donors (Lipinski definition) is 2. The summed E-state index contributed by atoms with van der Waals surface area (Å²) in [6.45, 7) is 5.98. The molecule has 0 aromatic carbocycles. The van der Waals surface area contributed by atoms with Crippen molar-refractivity contribution < 1.29 is 5.11 Å². The summed E-state index contributed by atoms with van der Waals surface area (Å²) in [5, 5.41) is 10.5. The first-order chi connectivity index (χ1) is 7.03. The van der Waals surface area contributed by atoms with Crippen LogP contribution in [0.3, 0.4) is 0 Å². The Kier molecular flexibility index (Phi) is 3.69. The standard InChI is InChI=1S/C12H20N2O/c1-4-6-12(15,5-2)10-7-9(3)8-14-11(10)13/h7-8,15H,4-6H2,1-3H3,(H2,13,14). The van der Waals surface area contributed by atoms with E-state index in [4.69, 9.17) is 5.73 Å².